The van der Waals surface area contributed by atoms with Crippen LogP contribution in [0, 0.1) is 13.8 Å². The summed E-state index contributed by atoms with van der Waals surface area (Å²) >= 11 is 0. The summed E-state index contributed by atoms with van der Waals surface area (Å²) in [7, 11) is 1.73. The zero-order valence-electron chi connectivity index (χ0n) is 12.1. The molecule has 0 aromatic heterocycles. The van der Waals surface area contributed by atoms with E-state index in [9.17, 15) is 0 Å². The molecule has 1 aliphatic heterocycles. The number of rotatable bonds is 3. The molecular weight excluding hydrogens is 224 g/mol. The molecule has 0 spiro atoms. The van der Waals surface area contributed by atoms with Crippen LogP contribution in [0.1, 0.15) is 31.4 Å². The van der Waals surface area contributed by atoms with Gasteiger partial charge in [-0.15, -0.1) is 0 Å². The molecule has 1 atom stereocenters. The monoisotopic (exact) mass is 248 g/mol. The van der Waals surface area contributed by atoms with E-state index >= 15 is 0 Å². The Kier molecular flexibility index (Phi) is 3.53. The Morgan fingerprint density at radius 2 is 1.89 bits per heavy atom. The summed E-state index contributed by atoms with van der Waals surface area (Å²) in [4.78, 5) is 0. The van der Waals surface area contributed by atoms with Gasteiger partial charge in [-0.25, -0.2) is 0 Å². The molecule has 1 fully saturated rings. The van der Waals surface area contributed by atoms with E-state index in [4.69, 9.17) is 4.74 Å². The van der Waals surface area contributed by atoms with Crippen molar-refractivity contribution in [3.63, 3.8) is 0 Å². The van der Waals surface area contributed by atoms with E-state index < -0.39 is 0 Å². The van der Waals surface area contributed by atoms with Gasteiger partial charge in [0, 0.05) is 23.8 Å². The minimum Gasteiger partial charge on any atom is -0.496 e. The first-order valence-corrected chi connectivity index (χ1v) is 6.58. The highest BCUT2D eigenvalue weighted by Crippen LogP contribution is 2.28. The van der Waals surface area contributed by atoms with Crippen LogP contribution < -0.4 is 15.4 Å². The Labute approximate surface area is 110 Å². The zero-order chi connectivity index (χ0) is 13.3. The third kappa shape index (κ3) is 2.78. The van der Waals surface area contributed by atoms with E-state index in [2.05, 4.69) is 50.5 Å². The first-order chi connectivity index (χ1) is 8.41. The molecule has 1 aliphatic rings. The predicted molar refractivity (Wildman–Crippen MR) is 76.6 cm³/mol. The molecule has 1 aromatic rings. The number of nitrogens with one attached hydrogen (secondary N) is 2. The summed E-state index contributed by atoms with van der Waals surface area (Å²) in [6, 6.07) is 4.83. The van der Waals surface area contributed by atoms with Gasteiger partial charge in [0.1, 0.15) is 5.75 Å². The molecule has 100 valence electrons. The van der Waals surface area contributed by atoms with Crippen molar-refractivity contribution < 1.29 is 4.74 Å². The van der Waals surface area contributed by atoms with Crippen molar-refractivity contribution in [1.29, 1.82) is 0 Å². The van der Waals surface area contributed by atoms with Crippen LogP contribution in [0.15, 0.2) is 12.1 Å². The van der Waals surface area contributed by atoms with Gasteiger partial charge in [0.25, 0.3) is 0 Å². The highest BCUT2D eigenvalue weighted by molar-refractivity contribution is 5.55. The van der Waals surface area contributed by atoms with Crippen molar-refractivity contribution in [2.24, 2.45) is 0 Å². The van der Waals surface area contributed by atoms with Crippen LogP contribution in [-0.2, 0) is 0 Å². The normalized spacial score (nSPS) is 21.9. The van der Waals surface area contributed by atoms with Gasteiger partial charge in [0.15, 0.2) is 0 Å². The van der Waals surface area contributed by atoms with Crippen LogP contribution in [0.2, 0.25) is 0 Å². The van der Waals surface area contributed by atoms with Crippen LogP contribution in [-0.4, -0.2) is 25.2 Å². The summed E-state index contributed by atoms with van der Waals surface area (Å²) < 4.78 is 5.39. The molecule has 18 heavy (non-hydrogen) atoms. The SMILES string of the molecule is COc1c(C)cc(NC2CNC(C)(C)C2)cc1C. The second kappa shape index (κ2) is 4.81. The topological polar surface area (TPSA) is 33.3 Å². The molecule has 0 aliphatic carbocycles. The lowest BCUT2D eigenvalue weighted by Gasteiger charge is -2.19. The van der Waals surface area contributed by atoms with Crippen molar-refractivity contribution in [1.82, 2.24) is 5.32 Å². The van der Waals surface area contributed by atoms with Gasteiger partial charge in [-0.1, -0.05) is 0 Å². The minimum absolute atomic E-state index is 0.244. The molecule has 0 saturated carbocycles. The smallest absolute Gasteiger partial charge is 0.124 e. The van der Waals surface area contributed by atoms with Crippen molar-refractivity contribution in [2.75, 3.05) is 19.0 Å². The van der Waals surface area contributed by atoms with Crippen molar-refractivity contribution in [3.8, 4) is 5.75 Å². The number of methoxy groups -OCH3 is 1. The highest BCUT2D eigenvalue weighted by Gasteiger charge is 2.30. The Morgan fingerprint density at radius 3 is 2.33 bits per heavy atom. The van der Waals surface area contributed by atoms with E-state index in [0.29, 0.717) is 6.04 Å². The van der Waals surface area contributed by atoms with Crippen LogP contribution in [0.25, 0.3) is 0 Å². The Hall–Kier alpha value is -1.22. The summed E-state index contributed by atoms with van der Waals surface area (Å²) in [6.07, 6.45) is 1.15. The van der Waals surface area contributed by atoms with Gasteiger partial charge in [0.2, 0.25) is 0 Å². The van der Waals surface area contributed by atoms with Crippen LogP contribution in [0.3, 0.4) is 0 Å². The van der Waals surface area contributed by atoms with Gasteiger partial charge < -0.3 is 15.4 Å². The molecular formula is C15H24N2O. The summed E-state index contributed by atoms with van der Waals surface area (Å²) in [5.74, 6) is 0.991. The maximum Gasteiger partial charge on any atom is 0.124 e. The molecule has 1 heterocycles. The van der Waals surface area contributed by atoms with Gasteiger partial charge in [-0.3, -0.25) is 0 Å². The van der Waals surface area contributed by atoms with Crippen LogP contribution >= 0.6 is 0 Å². The van der Waals surface area contributed by atoms with Gasteiger partial charge in [0.05, 0.1) is 7.11 Å². The van der Waals surface area contributed by atoms with Crippen molar-refractivity contribution in [3.05, 3.63) is 23.3 Å². The van der Waals surface area contributed by atoms with Gasteiger partial charge in [-0.05, 0) is 57.4 Å². The molecule has 0 radical (unpaired) electrons. The number of ether oxygens (including phenoxy) is 1. The second-order valence-electron chi connectivity index (χ2n) is 5.95. The standard InChI is InChI=1S/C15H24N2O/c1-10-6-12(7-11(2)14(10)18-5)17-13-8-15(3,4)16-9-13/h6-7,13,16-17H,8-9H2,1-5H3. The molecule has 0 amide bonds. The lowest BCUT2D eigenvalue weighted by atomic mass is 10.0. The Morgan fingerprint density at radius 1 is 1.28 bits per heavy atom. The van der Waals surface area contributed by atoms with Gasteiger partial charge in [-0.2, -0.15) is 0 Å². The van der Waals surface area contributed by atoms with Gasteiger partial charge >= 0.3 is 0 Å². The number of hydrogen-bond donors (Lipinski definition) is 2. The Bertz CT molecular complexity index is 417. The van der Waals surface area contributed by atoms with Crippen LogP contribution in [0.5, 0.6) is 5.75 Å². The van der Waals surface area contributed by atoms with E-state index in [-0.39, 0.29) is 5.54 Å². The molecule has 2 rings (SSSR count). The fourth-order valence-corrected chi connectivity index (χ4v) is 2.85. The highest BCUT2D eigenvalue weighted by atomic mass is 16.5. The number of hydrogen-bond acceptors (Lipinski definition) is 3. The van der Waals surface area contributed by atoms with Crippen molar-refractivity contribution in [2.45, 2.75) is 45.7 Å². The van der Waals surface area contributed by atoms with E-state index in [1.54, 1.807) is 7.11 Å². The summed E-state index contributed by atoms with van der Waals surface area (Å²) in [6.45, 7) is 9.71. The van der Waals surface area contributed by atoms with E-state index in [1.165, 1.54) is 16.8 Å². The Balaban J connectivity index is 2.11. The second-order valence-corrected chi connectivity index (χ2v) is 5.95. The fourth-order valence-electron chi connectivity index (χ4n) is 2.85. The molecule has 3 nitrogen and oxygen atoms in total. The number of aryl methyl sites for hydroxylation is 2. The van der Waals surface area contributed by atoms with E-state index in [0.717, 1.165) is 18.7 Å². The first kappa shape index (κ1) is 13.2. The summed E-state index contributed by atoms with van der Waals surface area (Å²) in [5.41, 5.74) is 3.81. The lowest BCUT2D eigenvalue weighted by molar-refractivity contribution is 0.408. The predicted octanol–water partition coefficient (Wildman–Crippen LogP) is 2.86. The molecule has 1 aromatic carbocycles. The lowest BCUT2D eigenvalue weighted by Crippen LogP contribution is -2.31. The number of benzene rings is 1. The molecule has 3 heteroatoms. The van der Waals surface area contributed by atoms with Crippen molar-refractivity contribution >= 4 is 5.69 Å². The maximum atomic E-state index is 5.39. The largest absolute Gasteiger partial charge is 0.496 e. The molecule has 0 bridgehead atoms. The molecule has 1 unspecified atom stereocenters. The average molecular weight is 248 g/mol. The quantitative estimate of drug-likeness (QED) is 0.863. The number of anilines is 1. The zero-order valence-corrected chi connectivity index (χ0v) is 12.1. The minimum atomic E-state index is 0.244. The molecule has 1 saturated heterocycles. The molecule has 2 N–H and O–H groups in total. The maximum absolute atomic E-state index is 5.39. The van der Waals surface area contributed by atoms with E-state index in [1.807, 2.05) is 0 Å². The average Bonchev–Trinajstić information content (AvgIpc) is 2.57. The third-order valence-corrected chi connectivity index (χ3v) is 3.62. The van der Waals surface area contributed by atoms with Crippen LogP contribution in [0.4, 0.5) is 5.69 Å². The first-order valence-electron chi connectivity index (χ1n) is 6.58. The third-order valence-electron chi connectivity index (χ3n) is 3.62. The summed E-state index contributed by atoms with van der Waals surface area (Å²) in [5, 5.41) is 7.14. The fraction of sp³-hybridized carbons (Fsp3) is 0.600.